The number of rotatable bonds is 5. The number of carbonyl (C=O) groups is 1. The highest BCUT2D eigenvalue weighted by molar-refractivity contribution is 5.77. The molecular weight excluding hydrogens is 214 g/mol. The summed E-state index contributed by atoms with van der Waals surface area (Å²) in [7, 11) is 0. The molecule has 0 aromatic heterocycles. The van der Waals surface area contributed by atoms with Crippen molar-refractivity contribution < 1.29 is 9.90 Å². The number of benzene rings is 1. The highest BCUT2D eigenvalue weighted by Gasteiger charge is 2.25. The van der Waals surface area contributed by atoms with Crippen molar-refractivity contribution in [2.45, 2.75) is 45.3 Å². The maximum absolute atomic E-state index is 11.7. The summed E-state index contributed by atoms with van der Waals surface area (Å²) in [5, 5.41) is 12.3. The molecule has 1 aromatic rings. The standard InChI is InChI=1S/C14H21NO2/c1-11(16)14(2,3)15-13(17)10-9-12-7-5-4-6-8-12/h4-8,11,16H,9-10H2,1-3H3,(H,15,17). The minimum absolute atomic E-state index is 0.0280. The van der Waals surface area contributed by atoms with Crippen LogP contribution in [-0.2, 0) is 11.2 Å². The molecule has 3 heteroatoms. The first-order chi connectivity index (χ1) is 7.92. The number of nitrogens with one attached hydrogen (secondary N) is 1. The second kappa shape index (κ2) is 5.82. The Kier molecular flexibility index (Phi) is 4.70. The Labute approximate surface area is 103 Å². The topological polar surface area (TPSA) is 49.3 Å². The van der Waals surface area contributed by atoms with Gasteiger partial charge in [0.25, 0.3) is 0 Å². The van der Waals surface area contributed by atoms with E-state index in [1.54, 1.807) is 6.92 Å². The first-order valence-electron chi connectivity index (χ1n) is 5.95. The minimum Gasteiger partial charge on any atom is -0.391 e. The lowest BCUT2D eigenvalue weighted by molar-refractivity contribution is -0.123. The van der Waals surface area contributed by atoms with Crippen molar-refractivity contribution in [1.29, 1.82) is 0 Å². The number of amides is 1. The largest absolute Gasteiger partial charge is 0.391 e. The molecule has 0 bridgehead atoms. The molecule has 0 radical (unpaired) electrons. The zero-order valence-corrected chi connectivity index (χ0v) is 10.7. The molecule has 1 atom stereocenters. The highest BCUT2D eigenvalue weighted by Crippen LogP contribution is 2.09. The van der Waals surface area contributed by atoms with Crippen molar-refractivity contribution in [3.63, 3.8) is 0 Å². The van der Waals surface area contributed by atoms with E-state index in [1.165, 1.54) is 0 Å². The maximum Gasteiger partial charge on any atom is 0.220 e. The van der Waals surface area contributed by atoms with Crippen LogP contribution in [0.2, 0.25) is 0 Å². The molecule has 0 saturated heterocycles. The van der Waals surface area contributed by atoms with Crippen molar-refractivity contribution in [1.82, 2.24) is 5.32 Å². The van der Waals surface area contributed by atoms with Crippen LogP contribution in [0.4, 0.5) is 0 Å². The zero-order chi connectivity index (χ0) is 12.9. The Balaban J connectivity index is 2.41. The number of aliphatic hydroxyl groups is 1. The molecule has 3 nitrogen and oxygen atoms in total. The van der Waals surface area contributed by atoms with Crippen LogP contribution < -0.4 is 5.32 Å². The van der Waals surface area contributed by atoms with Crippen LogP contribution in [0.3, 0.4) is 0 Å². The summed E-state index contributed by atoms with van der Waals surface area (Å²) in [6, 6.07) is 9.90. The summed E-state index contributed by atoms with van der Waals surface area (Å²) in [5.41, 5.74) is 0.575. The molecule has 94 valence electrons. The Morgan fingerprint density at radius 3 is 2.47 bits per heavy atom. The van der Waals surface area contributed by atoms with Gasteiger partial charge in [0.1, 0.15) is 0 Å². The Bertz CT molecular complexity index is 358. The Hall–Kier alpha value is -1.35. The lowest BCUT2D eigenvalue weighted by atomic mass is 9.98. The second-order valence-electron chi connectivity index (χ2n) is 4.93. The van der Waals surface area contributed by atoms with Gasteiger partial charge in [0.05, 0.1) is 11.6 Å². The molecule has 0 saturated carbocycles. The molecule has 1 rings (SSSR count). The quantitative estimate of drug-likeness (QED) is 0.819. The van der Waals surface area contributed by atoms with Crippen LogP contribution in [0.1, 0.15) is 32.8 Å². The van der Waals surface area contributed by atoms with E-state index in [1.807, 2.05) is 44.2 Å². The number of hydrogen-bond donors (Lipinski definition) is 2. The third-order valence-electron chi connectivity index (χ3n) is 2.99. The lowest BCUT2D eigenvalue weighted by Gasteiger charge is -2.29. The first kappa shape index (κ1) is 13.7. The van der Waals surface area contributed by atoms with Gasteiger partial charge in [-0.25, -0.2) is 0 Å². The van der Waals surface area contributed by atoms with E-state index >= 15 is 0 Å². The van der Waals surface area contributed by atoms with Gasteiger partial charge in [-0.05, 0) is 32.8 Å². The van der Waals surface area contributed by atoms with Gasteiger partial charge in [-0.3, -0.25) is 4.79 Å². The number of carbonyl (C=O) groups excluding carboxylic acids is 1. The van der Waals surface area contributed by atoms with E-state index in [0.29, 0.717) is 6.42 Å². The van der Waals surface area contributed by atoms with Gasteiger partial charge in [0, 0.05) is 6.42 Å². The van der Waals surface area contributed by atoms with Gasteiger partial charge in [0.15, 0.2) is 0 Å². The fourth-order valence-electron chi connectivity index (χ4n) is 1.43. The minimum atomic E-state index is -0.576. The van der Waals surface area contributed by atoms with Gasteiger partial charge in [-0.2, -0.15) is 0 Å². The van der Waals surface area contributed by atoms with Crippen LogP contribution in [-0.4, -0.2) is 22.7 Å². The molecule has 2 N–H and O–H groups in total. The van der Waals surface area contributed by atoms with Crippen molar-refractivity contribution in [2.75, 3.05) is 0 Å². The van der Waals surface area contributed by atoms with Crippen LogP contribution in [0, 0.1) is 0 Å². The lowest BCUT2D eigenvalue weighted by Crippen LogP contribution is -2.51. The summed E-state index contributed by atoms with van der Waals surface area (Å²) in [6.07, 6.45) is 0.603. The van der Waals surface area contributed by atoms with Crippen LogP contribution in [0.15, 0.2) is 30.3 Å². The van der Waals surface area contributed by atoms with Crippen molar-refractivity contribution >= 4 is 5.91 Å². The van der Waals surface area contributed by atoms with Crippen LogP contribution >= 0.6 is 0 Å². The third kappa shape index (κ3) is 4.57. The van der Waals surface area contributed by atoms with Crippen LogP contribution in [0.5, 0.6) is 0 Å². The van der Waals surface area contributed by atoms with E-state index in [4.69, 9.17) is 0 Å². The van der Waals surface area contributed by atoms with E-state index in [2.05, 4.69) is 5.32 Å². The number of hydrogen-bond acceptors (Lipinski definition) is 2. The summed E-state index contributed by atoms with van der Waals surface area (Å²) in [6.45, 7) is 5.31. The molecule has 0 fully saturated rings. The molecule has 0 aliphatic rings. The Morgan fingerprint density at radius 2 is 1.94 bits per heavy atom. The normalized spacial score (nSPS) is 13.2. The molecule has 0 spiro atoms. The first-order valence-corrected chi connectivity index (χ1v) is 5.95. The number of aliphatic hydroxyl groups excluding tert-OH is 1. The maximum atomic E-state index is 11.7. The van der Waals surface area contributed by atoms with Gasteiger partial charge in [-0.15, -0.1) is 0 Å². The Morgan fingerprint density at radius 1 is 1.35 bits per heavy atom. The number of aryl methyl sites for hydroxylation is 1. The molecule has 1 aromatic carbocycles. The van der Waals surface area contributed by atoms with Gasteiger partial charge in [-0.1, -0.05) is 30.3 Å². The average molecular weight is 235 g/mol. The van der Waals surface area contributed by atoms with E-state index in [-0.39, 0.29) is 5.91 Å². The molecule has 1 amide bonds. The second-order valence-corrected chi connectivity index (χ2v) is 4.93. The van der Waals surface area contributed by atoms with E-state index in [0.717, 1.165) is 12.0 Å². The predicted octanol–water partition coefficient (Wildman–Crippen LogP) is 1.89. The van der Waals surface area contributed by atoms with Gasteiger partial charge < -0.3 is 10.4 Å². The summed E-state index contributed by atoms with van der Waals surface area (Å²) < 4.78 is 0. The van der Waals surface area contributed by atoms with E-state index < -0.39 is 11.6 Å². The SMILES string of the molecule is CC(O)C(C)(C)NC(=O)CCc1ccccc1. The smallest absolute Gasteiger partial charge is 0.220 e. The predicted molar refractivity (Wildman–Crippen MR) is 68.7 cm³/mol. The molecule has 0 heterocycles. The molecule has 0 aliphatic carbocycles. The van der Waals surface area contributed by atoms with Crippen LogP contribution in [0.25, 0.3) is 0 Å². The van der Waals surface area contributed by atoms with Crippen molar-refractivity contribution in [3.05, 3.63) is 35.9 Å². The third-order valence-corrected chi connectivity index (χ3v) is 2.99. The summed E-state index contributed by atoms with van der Waals surface area (Å²) in [5.74, 6) is -0.0280. The molecule has 1 unspecified atom stereocenters. The highest BCUT2D eigenvalue weighted by atomic mass is 16.3. The van der Waals surface area contributed by atoms with Gasteiger partial charge >= 0.3 is 0 Å². The van der Waals surface area contributed by atoms with E-state index in [9.17, 15) is 9.90 Å². The fourth-order valence-corrected chi connectivity index (χ4v) is 1.43. The van der Waals surface area contributed by atoms with Gasteiger partial charge in [0.2, 0.25) is 5.91 Å². The molecular formula is C14H21NO2. The fraction of sp³-hybridized carbons (Fsp3) is 0.500. The molecule has 0 aliphatic heterocycles. The van der Waals surface area contributed by atoms with Crippen molar-refractivity contribution in [3.8, 4) is 0 Å². The monoisotopic (exact) mass is 235 g/mol. The summed E-state index contributed by atoms with van der Waals surface area (Å²) >= 11 is 0. The summed E-state index contributed by atoms with van der Waals surface area (Å²) in [4.78, 5) is 11.7. The van der Waals surface area contributed by atoms with Crippen molar-refractivity contribution in [2.24, 2.45) is 0 Å². The average Bonchev–Trinajstić information content (AvgIpc) is 2.27. The zero-order valence-electron chi connectivity index (χ0n) is 10.7. The molecule has 17 heavy (non-hydrogen) atoms.